The molecule has 17 heavy (non-hydrogen) atoms. The van der Waals surface area contributed by atoms with Gasteiger partial charge >= 0.3 is 6.09 Å². The summed E-state index contributed by atoms with van der Waals surface area (Å²) in [5.41, 5.74) is -0.453. The van der Waals surface area contributed by atoms with Crippen molar-refractivity contribution in [1.29, 1.82) is 0 Å². The molecule has 0 bridgehead atoms. The van der Waals surface area contributed by atoms with Crippen LogP contribution in [0.25, 0.3) is 0 Å². The monoisotopic (exact) mass is 243 g/mol. The first kappa shape index (κ1) is 14.3. The standard InChI is InChI=1S/C13H25NO3/c1-6-7-11-14(10(2)8-9-16-11)12(15)17-13(3,4)5/h10-11H,6-9H2,1-5H3/t10-,11-/m0/s1. The van der Waals surface area contributed by atoms with Gasteiger partial charge in [0.25, 0.3) is 0 Å². The van der Waals surface area contributed by atoms with Crippen LogP contribution in [-0.4, -0.2) is 35.5 Å². The second-order valence-corrected chi connectivity index (χ2v) is 5.64. The van der Waals surface area contributed by atoms with Gasteiger partial charge in [0.15, 0.2) is 0 Å². The number of hydrogen-bond donors (Lipinski definition) is 0. The van der Waals surface area contributed by atoms with Crippen LogP contribution in [0.4, 0.5) is 4.79 Å². The van der Waals surface area contributed by atoms with Gasteiger partial charge in [-0.15, -0.1) is 0 Å². The van der Waals surface area contributed by atoms with Gasteiger partial charge in [-0.05, 0) is 40.5 Å². The minimum Gasteiger partial charge on any atom is -0.444 e. The fraction of sp³-hybridized carbons (Fsp3) is 0.923. The van der Waals surface area contributed by atoms with Gasteiger partial charge in [0.05, 0.1) is 6.61 Å². The van der Waals surface area contributed by atoms with E-state index in [4.69, 9.17) is 9.47 Å². The van der Waals surface area contributed by atoms with E-state index < -0.39 is 5.60 Å². The predicted molar refractivity (Wildman–Crippen MR) is 66.8 cm³/mol. The summed E-state index contributed by atoms with van der Waals surface area (Å²) in [5.74, 6) is 0. The lowest BCUT2D eigenvalue weighted by molar-refractivity contribution is -0.118. The Bertz CT molecular complexity index is 258. The maximum Gasteiger partial charge on any atom is 0.412 e. The molecule has 1 aliphatic heterocycles. The lowest BCUT2D eigenvalue weighted by Gasteiger charge is -2.40. The zero-order valence-corrected chi connectivity index (χ0v) is 11.7. The van der Waals surface area contributed by atoms with E-state index in [-0.39, 0.29) is 18.4 Å². The van der Waals surface area contributed by atoms with Gasteiger partial charge in [-0.25, -0.2) is 4.79 Å². The number of carbonyl (C=O) groups excluding carboxylic acids is 1. The summed E-state index contributed by atoms with van der Waals surface area (Å²) in [5, 5.41) is 0. The highest BCUT2D eigenvalue weighted by Gasteiger charge is 2.34. The molecule has 1 rings (SSSR count). The van der Waals surface area contributed by atoms with Crippen molar-refractivity contribution in [1.82, 2.24) is 4.90 Å². The zero-order chi connectivity index (χ0) is 13.1. The van der Waals surface area contributed by atoms with Gasteiger partial charge in [-0.1, -0.05) is 13.3 Å². The van der Waals surface area contributed by atoms with Crippen molar-refractivity contribution in [2.45, 2.75) is 71.8 Å². The minimum atomic E-state index is -0.453. The molecule has 1 amide bonds. The Morgan fingerprint density at radius 3 is 2.65 bits per heavy atom. The lowest BCUT2D eigenvalue weighted by atomic mass is 10.1. The Labute approximate surface area is 104 Å². The molecule has 100 valence electrons. The van der Waals surface area contributed by atoms with E-state index in [0.29, 0.717) is 0 Å². The Hall–Kier alpha value is -0.770. The third-order valence-corrected chi connectivity index (χ3v) is 2.77. The van der Waals surface area contributed by atoms with Crippen molar-refractivity contribution >= 4 is 6.09 Å². The van der Waals surface area contributed by atoms with Crippen LogP contribution in [-0.2, 0) is 9.47 Å². The molecule has 1 fully saturated rings. The zero-order valence-electron chi connectivity index (χ0n) is 11.7. The quantitative estimate of drug-likeness (QED) is 0.747. The average molecular weight is 243 g/mol. The molecular weight excluding hydrogens is 218 g/mol. The first-order valence-corrected chi connectivity index (χ1v) is 6.48. The Morgan fingerprint density at radius 1 is 1.47 bits per heavy atom. The molecular formula is C13H25NO3. The number of ether oxygens (including phenoxy) is 2. The van der Waals surface area contributed by atoms with E-state index in [1.54, 1.807) is 4.90 Å². The summed E-state index contributed by atoms with van der Waals surface area (Å²) >= 11 is 0. The van der Waals surface area contributed by atoms with Crippen LogP contribution in [0.5, 0.6) is 0 Å². The van der Waals surface area contributed by atoms with E-state index in [0.717, 1.165) is 25.9 Å². The molecule has 0 aromatic heterocycles. The van der Waals surface area contributed by atoms with Crippen LogP contribution >= 0.6 is 0 Å². The molecule has 0 spiro atoms. The highest BCUT2D eigenvalue weighted by atomic mass is 16.6. The summed E-state index contributed by atoms with van der Waals surface area (Å²) in [4.78, 5) is 13.9. The number of carbonyl (C=O) groups is 1. The second-order valence-electron chi connectivity index (χ2n) is 5.64. The van der Waals surface area contributed by atoms with E-state index in [2.05, 4.69) is 13.8 Å². The molecule has 0 saturated carbocycles. The number of nitrogens with zero attached hydrogens (tertiary/aromatic N) is 1. The van der Waals surface area contributed by atoms with Crippen LogP contribution in [0.15, 0.2) is 0 Å². The van der Waals surface area contributed by atoms with Crippen molar-refractivity contribution in [3.05, 3.63) is 0 Å². The van der Waals surface area contributed by atoms with Crippen molar-refractivity contribution in [3.63, 3.8) is 0 Å². The minimum absolute atomic E-state index is 0.126. The molecule has 1 aliphatic rings. The molecule has 1 heterocycles. The van der Waals surface area contributed by atoms with E-state index in [1.807, 2.05) is 20.8 Å². The fourth-order valence-corrected chi connectivity index (χ4v) is 1.96. The highest BCUT2D eigenvalue weighted by Crippen LogP contribution is 2.23. The SMILES string of the molecule is CCC[C@@H]1OCC[C@H](C)N1C(=O)OC(C)(C)C. The normalized spacial score (nSPS) is 25.8. The summed E-state index contributed by atoms with van der Waals surface area (Å²) in [6, 6.07) is 0.190. The molecule has 4 heteroatoms. The van der Waals surface area contributed by atoms with Gasteiger partial charge in [0.2, 0.25) is 0 Å². The van der Waals surface area contributed by atoms with E-state index in [1.165, 1.54) is 0 Å². The van der Waals surface area contributed by atoms with Gasteiger partial charge in [-0.3, -0.25) is 4.90 Å². The smallest absolute Gasteiger partial charge is 0.412 e. The second kappa shape index (κ2) is 5.71. The van der Waals surface area contributed by atoms with Gasteiger partial charge < -0.3 is 9.47 Å². The molecule has 0 unspecified atom stereocenters. The average Bonchev–Trinajstić information content (AvgIpc) is 2.15. The first-order valence-electron chi connectivity index (χ1n) is 6.48. The molecule has 1 saturated heterocycles. The number of amides is 1. The van der Waals surface area contributed by atoms with Gasteiger partial charge in [-0.2, -0.15) is 0 Å². The predicted octanol–water partition coefficient (Wildman–Crippen LogP) is 3.16. The molecule has 4 nitrogen and oxygen atoms in total. The van der Waals surface area contributed by atoms with Crippen molar-refractivity contribution in [3.8, 4) is 0 Å². The Morgan fingerprint density at radius 2 is 2.12 bits per heavy atom. The van der Waals surface area contributed by atoms with E-state index in [9.17, 15) is 4.79 Å². The summed E-state index contributed by atoms with van der Waals surface area (Å²) in [6.07, 6.45) is 2.35. The first-order chi connectivity index (χ1) is 7.85. The van der Waals surface area contributed by atoms with Gasteiger partial charge in [0.1, 0.15) is 11.8 Å². The third kappa shape index (κ3) is 4.19. The van der Waals surface area contributed by atoms with Crippen molar-refractivity contribution in [2.24, 2.45) is 0 Å². The fourth-order valence-electron chi connectivity index (χ4n) is 1.96. The van der Waals surface area contributed by atoms with Crippen LogP contribution in [0.3, 0.4) is 0 Å². The summed E-state index contributed by atoms with van der Waals surface area (Å²) < 4.78 is 11.1. The summed E-state index contributed by atoms with van der Waals surface area (Å²) in [7, 11) is 0. The molecule has 0 aromatic carbocycles. The maximum atomic E-state index is 12.1. The third-order valence-electron chi connectivity index (χ3n) is 2.77. The van der Waals surface area contributed by atoms with Crippen molar-refractivity contribution < 1.29 is 14.3 Å². The van der Waals surface area contributed by atoms with E-state index >= 15 is 0 Å². The van der Waals surface area contributed by atoms with Crippen LogP contribution in [0.2, 0.25) is 0 Å². The lowest BCUT2D eigenvalue weighted by Crippen LogP contribution is -2.52. The molecule has 2 atom stereocenters. The topological polar surface area (TPSA) is 38.8 Å². The molecule has 0 aromatic rings. The van der Waals surface area contributed by atoms with Crippen LogP contribution < -0.4 is 0 Å². The van der Waals surface area contributed by atoms with Crippen LogP contribution in [0.1, 0.15) is 53.9 Å². The van der Waals surface area contributed by atoms with Gasteiger partial charge in [0, 0.05) is 6.04 Å². The number of hydrogen-bond acceptors (Lipinski definition) is 3. The van der Waals surface area contributed by atoms with Crippen LogP contribution in [0, 0.1) is 0 Å². The Kier molecular flexibility index (Phi) is 4.80. The molecule has 0 N–H and O–H groups in total. The van der Waals surface area contributed by atoms with Crippen molar-refractivity contribution in [2.75, 3.05) is 6.61 Å². The molecule has 0 aliphatic carbocycles. The highest BCUT2D eigenvalue weighted by molar-refractivity contribution is 5.68. The molecule has 0 radical (unpaired) electrons. The Balaban J connectivity index is 2.70. The maximum absolute atomic E-state index is 12.1. The largest absolute Gasteiger partial charge is 0.444 e. The summed E-state index contributed by atoms with van der Waals surface area (Å²) in [6.45, 7) is 10.5. The number of rotatable bonds is 2.